The first-order chi connectivity index (χ1) is 8.12. The zero-order valence-corrected chi connectivity index (χ0v) is 12.4. The maximum absolute atomic E-state index is 6.35. The number of rotatable bonds is 0. The fraction of sp³-hybridized carbons (Fsp3) is 0.625. The molecule has 1 aromatic rings. The van der Waals surface area contributed by atoms with Crippen LogP contribution in [0.25, 0.3) is 0 Å². The van der Waals surface area contributed by atoms with E-state index in [1.165, 1.54) is 16.7 Å². The molecule has 0 amide bonds. The summed E-state index contributed by atoms with van der Waals surface area (Å²) in [4.78, 5) is 0. The molecular weight excluding hydrogens is 222 g/mol. The van der Waals surface area contributed by atoms with E-state index in [0.29, 0.717) is 0 Å². The third-order valence-corrected chi connectivity index (χ3v) is 3.68. The fourth-order valence-electron chi connectivity index (χ4n) is 2.81. The highest BCUT2D eigenvalue weighted by atomic mass is 16.5. The van der Waals surface area contributed by atoms with Gasteiger partial charge in [0.05, 0.1) is 0 Å². The largest absolute Gasteiger partial charge is 0.487 e. The van der Waals surface area contributed by atoms with E-state index in [2.05, 4.69) is 53.7 Å². The Bertz CT molecular complexity index is 469. The minimum atomic E-state index is -0.180. The van der Waals surface area contributed by atoms with Crippen LogP contribution in [-0.4, -0.2) is 5.60 Å². The molecule has 2 rings (SSSR count). The van der Waals surface area contributed by atoms with Crippen LogP contribution in [0.2, 0.25) is 0 Å². The van der Waals surface area contributed by atoms with Crippen LogP contribution < -0.4 is 10.5 Å². The zero-order chi connectivity index (χ0) is 13.7. The van der Waals surface area contributed by atoms with Gasteiger partial charge in [-0.2, -0.15) is 0 Å². The lowest BCUT2D eigenvalue weighted by molar-refractivity contribution is 0.0700. The zero-order valence-electron chi connectivity index (χ0n) is 12.4. The van der Waals surface area contributed by atoms with Gasteiger partial charge in [-0.3, -0.25) is 0 Å². The summed E-state index contributed by atoms with van der Waals surface area (Å²) >= 11 is 0. The maximum atomic E-state index is 6.35. The molecule has 0 spiro atoms. The summed E-state index contributed by atoms with van der Waals surface area (Å²) in [6.07, 6.45) is 0.869. The molecule has 1 atom stereocenters. The molecule has 0 bridgehead atoms. The van der Waals surface area contributed by atoms with Gasteiger partial charge in [-0.25, -0.2) is 0 Å². The van der Waals surface area contributed by atoms with Crippen LogP contribution in [0.4, 0.5) is 0 Å². The van der Waals surface area contributed by atoms with Gasteiger partial charge in [0.15, 0.2) is 0 Å². The summed E-state index contributed by atoms with van der Waals surface area (Å²) < 4.78 is 6.25. The van der Waals surface area contributed by atoms with Gasteiger partial charge in [-0.05, 0) is 37.3 Å². The summed E-state index contributed by atoms with van der Waals surface area (Å²) in [5, 5.41) is 0. The summed E-state index contributed by atoms with van der Waals surface area (Å²) in [6.45, 7) is 13.0. The molecule has 2 heteroatoms. The first-order valence-electron chi connectivity index (χ1n) is 6.70. The number of nitrogens with two attached hydrogens (primary N) is 1. The first-order valence-corrected chi connectivity index (χ1v) is 6.70. The highest BCUT2D eigenvalue weighted by molar-refractivity contribution is 5.52. The Kier molecular flexibility index (Phi) is 2.97. The lowest BCUT2D eigenvalue weighted by Gasteiger charge is -2.40. The summed E-state index contributed by atoms with van der Waals surface area (Å²) in [5.41, 5.74) is 9.94. The normalized spacial score (nSPS) is 22.3. The number of benzene rings is 1. The molecule has 0 saturated heterocycles. The van der Waals surface area contributed by atoms with Gasteiger partial charge in [0.2, 0.25) is 0 Å². The Morgan fingerprint density at radius 3 is 2.44 bits per heavy atom. The summed E-state index contributed by atoms with van der Waals surface area (Å²) in [5.74, 6) is 1.02. The van der Waals surface area contributed by atoms with Crippen LogP contribution in [0.5, 0.6) is 5.75 Å². The SMILES string of the molecule is Cc1ccc(C(C)(C)C)c2c1C(N)CC(C)(C)O2. The Morgan fingerprint density at radius 2 is 1.89 bits per heavy atom. The summed E-state index contributed by atoms with van der Waals surface area (Å²) in [6, 6.07) is 4.43. The van der Waals surface area contributed by atoms with Gasteiger partial charge in [0.25, 0.3) is 0 Å². The Morgan fingerprint density at radius 1 is 1.28 bits per heavy atom. The van der Waals surface area contributed by atoms with Crippen molar-refractivity contribution in [2.24, 2.45) is 5.73 Å². The molecule has 0 saturated carbocycles. The van der Waals surface area contributed by atoms with Crippen LogP contribution >= 0.6 is 0 Å². The van der Waals surface area contributed by atoms with Crippen LogP contribution in [-0.2, 0) is 5.41 Å². The molecule has 1 unspecified atom stereocenters. The monoisotopic (exact) mass is 247 g/mol. The van der Waals surface area contributed by atoms with E-state index in [1.54, 1.807) is 0 Å². The molecule has 2 N–H and O–H groups in total. The Labute approximate surface area is 111 Å². The third kappa shape index (κ3) is 2.26. The van der Waals surface area contributed by atoms with E-state index in [0.717, 1.165) is 12.2 Å². The fourth-order valence-corrected chi connectivity index (χ4v) is 2.81. The van der Waals surface area contributed by atoms with Crippen molar-refractivity contribution in [1.82, 2.24) is 0 Å². The topological polar surface area (TPSA) is 35.2 Å². The lowest BCUT2D eigenvalue weighted by Crippen LogP contribution is -2.39. The van der Waals surface area contributed by atoms with Gasteiger partial charge >= 0.3 is 0 Å². The van der Waals surface area contributed by atoms with Crippen LogP contribution in [0, 0.1) is 6.92 Å². The minimum Gasteiger partial charge on any atom is -0.487 e. The van der Waals surface area contributed by atoms with Crippen LogP contribution in [0.1, 0.15) is 63.8 Å². The molecule has 2 nitrogen and oxygen atoms in total. The maximum Gasteiger partial charge on any atom is 0.128 e. The average molecular weight is 247 g/mol. The van der Waals surface area contributed by atoms with Gasteiger partial charge in [0, 0.05) is 18.0 Å². The average Bonchev–Trinajstić information content (AvgIpc) is 2.12. The van der Waals surface area contributed by atoms with Crippen LogP contribution in [0.3, 0.4) is 0 Å². The van der Waals surface area contributed by atoms with Crippen molar-refractivity contribution in [3.05, 3.63) is 28.8 Å². The third-order valence-electron chi connectivity index (χ3n) is 3.68. The van der Waals surface area contributed by atoms with Crippen molar-refractivity contribution in [2.75, 3.05) is 0 Å². The van der Waals surface area contributed by atoms with Crippen LogP contribution in [0.15, 0.2) is 12.1 Å². The molecule has 0 aromatic heterocycles. The molecule has 1 heterocycles. The van der Waals surface area contributed by atoms with E-state index in [1.807, 2.05) is 0 Å². The second-order valence-corrected chi connectivity index (χ2v) is 7.10. The Hall–Kier alpha value is -1.02. The van der Waals surface area contributed by atoms with Gasteiger partial charge in [-0.1, -0.05) is 32.9 Å². The predicted molar refractivity (Wildman–Crippen MR) is 76.1 cm³/mol. The molecule has 0 aliphatic carbocycles. The summed E-state index contributed by atoms with van der Waals surface area (Å²) in [7, 11) is 0. The van der Waals surface area contributed by atoms with Gasteiger partial charge in [-0.15, -0.1) is 0 Å². The van der Waals surface area contributed by atoms with Crippen molar-refractivity contribution in [3.63, 3.8) is 0 Å². The second-order valence-electron chi connectivity index (χ2n) is 7.10. The molecule has 1 aromatic carbocycles. The van der Waals surface area contributed by atoms with E-state index in [-0.39, 0.29) is 17.1 Å². The highest BCUT2D eigenvalue weighted by Gasteiger charge is 2.36. The molecule has 0 fully saturated rings. The number of aryl methyl sites for hydroxylation is 1. The van der Waals surface area contributed by atoms with Crippen molar-refractivity contribution in [3.8, 4) is 5.75 Å². The van der Waals surface area contributed by atoms with Crippen molar-refractivity contribution < 1.29 is 4.74 Å². The van der Waals surface area contributed by atoms with Crippen molar-refractivity contribution in [1.29, 1.82) is 0 Å². The second kappa shape index (κ2) is 3.99. The predicted octanol–water partition coefficient (Wildman–Crippen LogP) is 3.85. The van der Waals surface area contributed by atoms with Crippen molar-refractivity contribution >= 4 is 0 Å². The molecular formula is C16H25NO. The number of hydrogen-bond donors (Lipinski definition) is 1. The standard InChI is InChI=1S/C16H25NO/c1-10-7-8-11(15(2,3)4)14-13(10)12(17)9-16(5,6)18-14/h7-8,12H,9,17H2,1-6H3. The number of hydrogen-bond acceptors (Lipinski definition) is 2. The number of ether oxygens (including phenoxy) is 1. The highest BCUT2D eigenvalue weighted by Crippen LogP contribution is 2.45. The minimum absolute atomic E-state index is 0.0743. The van der Waals surface area contributed by atoms with E-state index in [4.69, 9.17) is 10.5 Å². The van der Waals surface area contributed by atoms with E-state index >= 15 is 0 Å². The number of fused-ring (bicyclic) bond motifs is 1. The molecule has 18 heavy (non-hydrogen) atoms. The van der Waals surface area contributed by atoms with E-state index in [9.17, 15) is 0 Å². The quantitative estimate of drug-likeness (QED) is 0.755. The van der Waals surface area contributed by atoms with E-state index < -0.39 is 0 Å². The van der Waals surface area contributed by atoms with Gasteiger partial charge < -0.3 is 10.5 Å². The van der Waals surface area contributed by atoms with Crippen molar-refractivity contribution in [2.45, 2.75) is 65.0 Å². The lowest BCUT2D eigenvalue weighted by atomic mass is 9.80. The molecule has 1 aliphatic heterocycles. The first kappa shape index (κ1) is 13.4. The molecule has 1 aliphatic rings. The smallest absolute Gasteiger partial charge is 0.128 e. The van der Waals surface area contributed by atoms with Gasteiger partial charge in [0.1, 0.15) is 11.4 Å². The molecule has 100 valence electrons. The molecule has 0 radical (unpaired) electrons. The Balaban J connectivity index is 2.66.